The van der Waals surface area contributed by atoms with E-state index in [0.717, 1.165) is 55.7 Å². The minimum Gasteiger partial charge on any atom is -0.486 e. The van der Waals surface area contributed by atoms with E-state index in [1.54, 1.807) is 6.33 Å². The Morgan fingerprint density at radius 1 is 1.14 bits per heavy atom. The van der Waals surface area contributed by atoms with Crippen LogP contribution in [0.5, 0.6) is 5.75 Å². The van der Waals surface area contributed by atoms with Crippen LogP contribution in [-0.4, -0.2) is 66.3 Å². The number of nitrogens with zero attached hydrogens (tertiary/aromatic N) is 4. The first-order chi connectivity index (χ1) is 18.2. The summed E-state index contributed by atoms with van der Waals surface area (Å²) in [6, 6.07) is 12.3. The van der Waals surface area contributed by atoms with Gasteiger partial charge in [0.15, 0.2) is 0 Å². The molecule has 2 aromatic carbocycles. The number of likely N-dealkylation sites (tertiary alicyclic amines) is 1. The summed E-state index contributed by atoms with van der Waals surface area (Å²) in [7, 11) is 0. The Hall–Kier alpha value is -3.49. The SMILES string of the molecule is O=C(CC=CCN1CCCC1)Nc1cc2c(N3CCc4ccccc43)ncnc2cc1OC1CCOC1. The number of nitrogens with one attached hydrogen (secondary N) is 1. The highest BCUT2D eigenvalue weighted by Gasteiger charge is 2.25. The lowest BCUT2D eigenvalue weighted by Gasteiger charge is -2.22. The molecule has 4 heterocycles. The van der Waals surface area contributed by atoms with E-state index in [2.05, 4.69) is 55.4 Å². The van der Waals surface area contributed by atoms with Gasteiger partial charge >= 0.3 is 0 Å². The third kappa shape index (κ3) is 5.31. The van der Waals surface area contributed by atoms with Crippen molar-refractivity contribution in [2.75, 3.05) is 49.6 Å². The predicted octanol–water partition coefficient (Wildman–Crippen LogP) is 4.47. The van der Waals surface area contributed by atoms with Gasteiger partial charge in [-0.25, -0.2) is 9.97 Å². The Kier molecular flexibility index (Phi) is 7.01. The van der Waals surface area contributed by atoms with Crippen molar-refractivity contribution in [1.82, 2.24) is 14.9 Å². The fraction of sp³-hybridized carbons (Fsp3) is 0.414. The van der Waals surface area contributed by atoms with Crippen molar-refractivity contribution in [3.8, 4) is 5.75 Å². The van der Waals surface area contributed by atoms with Crippen LogP contribution in [0.3, 0.4) is 0 Å². The summed E-state index contributed by atoms with van der Waals surface area (Å²) in [6.45, 7) is 5.27. The van der Waals surface area contributed by atoms with E-state index in [1.165, 1.54) is 24.1 Å². The summed E-state index contributed by atoms with van der Waals surface area (Å²) in [5, 5.41) is 3.98. The van der Waals surface area contributed by atoms with Crippen LogP contribution in [0.4, 0.5) is 17.2 Å². The molecule has 37 heavy (non-hydrogen) atoms. The number of aromatic nitrogens is 2. The van der Waals surface area contributed by atoms with E-state index in [-0.39, 0.29) is 12.0 Å². The molecular formula is C29H33N5O3. The number of rotatable bonds is 8. The average molecular weight is 500 g/mol. The number of hydrogen-bond acceptors (Lipinski definition) is 7. The van der Waals surface area contributed by atoms with Crippen LogP contribution in [0.25, 0.3) is 10.9 Å². The van der Waals surface area contributed by atoms with Crippen LogP contribution < -0.4 is 15.0 Å². The number of carbonyl (C=O) groups is 1. The van der Waals surface area contributed by atoms with E-state index in [0.29, 0.717) is 31.1 Å². The van der Waals surface area contributed by atoms with Gasteiger partial charge in [0, 0.05) is 43.1 Å². The monoisotopic (exact) mass is 499 g/mol. The maximum absolute atomic E-state index is 12.9. The van der Waals surface area contributed by atoms with Crippen LogP contribution >= 0.6 is 0 Å². The van der Waals surface area contributed by atoms with Crippen molar-refractivity contribution >= 4 is 34.0 Å². The number of amides is 1. The smallest absolute Gasteiger partial charge is 0.228 e. The Morgan fingerprint density at radius 3 is 2.89 bits per heavy atom. The van der Waals surface area contributed by atoms with E-state index >= 15 is 0 Å². The van der Waals surface area contributed by atoms with Crippen molar-refractivity contribution in [3.05, 3.63) is 60.4 Å². The number of fused-ring (bicyclic) bond motifs is 2. The van der Waals surface area contributed by atoms with Crippen molar-refractivity contribution in [1.29, 1.82) is 0 Å². The Labute approximate surface area is 217 Å². The molecule has 3 aromatic rings. The predicted molar refractivity (Wildman–Crippen MR) is 145 cm³/mol. The highest BCUT2D eigenvalue weighted by molar-refractivity contribution is 6.00. The molecule has 2 saturated heterocycles. The van der Waals surface area contributed by atoms with Gasteiger partial charge in [0.2, 0.25) is 5.91 Å². The lowest BCUT2D eigenvalue weighted by molar-refractivity contribution is -0.115. The molecular weight excluding hydrogens is 466 g/mol. The third-order valence-electron chi connectivity index (χ3n) is 7.35. The molecule has 8 heteroatoms. The second-order valence-corrected chi connectivity index (χ2v) is 9.93. The molecule has 0 bridgehead atoms. The molecule has 0 radical (unpaired) electrons. The van der Waals surface area contributed by atoms with Gasteiger partial charge in [-0.05, 0) is 50.0 Å². The van der Waals surface area contributed by atoms with Gasteiger partial charge in [-0.15, -0.1) is 0 Å². The van der Waals surface area contributed by atoms with Gasteiger partial charge in [0.05, 0.1) is 24.4 Å². The minimum atomic E-state index is -0.0746. The number of ether oxygens (including phenoxy) is 2. The molecule has 0 saturated carbocycles. The van der Waals surface area contributed by atoms with Gasteiger partial charge in [-0.3, -0.25) is 9.69 Å². The van der Waals surface area contributed by atoms with E-state index < -0.39 is 0 Å². The third-order valence-corrected chi connectivity index (χ3v) is 7.35. The lowest BCUT2D eigenvalue weighted by Crippen LogP contribution is -2.19. The number of carbonyl (C=O) groups excluding carboxylic acids is 1. The van der Waals surface area contributed by atoms with Gasteiger partial charge in [0.25, 0.3) is 0 Å². The summed E-state index contributed by atoms with van der Waals surface area (Å²) >= 11 is 0. The molecule has 1 aromatic heterocycles. The summed E-state index contributed by atoms with van der Waals surface area (Å²) in [5.41, 5.74) is 3.90. The maximum atomic E-state index is 12.9. The fourth-order valence-corrected chi connectivity index (χ4v) is 5.40. The molecule has 1 unspecified atom stereocenters. The molecule has 3 aliphatic heterocycles. The van der Waals surface area contributed by atoms with Crippen LogP contribution in [0.1, 0.15) is 31.2 Å². The first-order valence-corrected chi connectivity index (χ1v) is 13.3. The Balaban J connectivity index is 1.28. The molecule has 8 nitrogen and oxygen atoms in total. The lowest BCUT2D eigenvalue weighted by atomic mass is 10.1. The van der Waals surface area contributed by atoms with Gasteiger partial charge in [0.1, 0.15) is 24.0 Å². The number of para-hydroxylation sites is 1. The van der Waals surface area contributed by atoms with Gasteiger partial charge in [-0.1, -0.05) is 30.4 Å². The zero-order chi connectivity index (χ0) is 25.0. The highest BCUT2D eigenvalue weighted by atomic mass is 16.5. The molecule has 2 fully saturated rings. The maximum Gasteiger partial charge on any atom is 0.228 e. The fourth-order valence-electron chi connectivity index (χ4n) is 5.40. The average Bonchev–Trinajstić information content (AvgIpc) is 3.69. The molecule has 0 spiro atoms. The molecule has 1 atom stereocenters. The summed E-state index contributed by atoms with van der Waals surface area (Å²) < 4.78 is 11.8. The topological polar surface area (TPSA) is 79.8 Å². The van der Waals surface area contributed by atoms with Gasteiger partial charge < -0.3 is 19.7 Å². The summed E-state index contributed by atoms with van der Waals surface area (Å²) in [4.78, 5) is 26.8. The summed E-state index contributed by atoms with van der Waals surface area (Å²) in [5.74, 6) is 1.38. The largest absolute Gasteiger partial charge is 0.486 e. The van der Waals surface area contributed by atoms with Gasteiger partial charge in [-0.2, -0.15) is 0 Å². The highest BCUT2D eigenvalue weighted by Crippen LogP contribution is 2.39. The minimum absolute atomic E-state index is 0.0415. The quantitative estimate of drug-likeness (QED) is 0.458. The normalized spacial score (nSPS) is 19.7. The van der Waals surface area contributed by atoms with Crippen molar-refractivity contribution in [2.24, 2.45) is 0 Å². The molecule has 3 aliphatic rings. The molecule has 1 N–H and O–H groups in total. The first-order valence-electron chi connectivity index (χ1n) is 13.3. The second-order valence-electron chi connectivity index (χ2n) is 9.93. The van der Waals surface area contributed by atoms with Crippen molar-refractivity contribution in [3.63, 3.8) is 0 Å². The van der Waals surface area contributed by atoms with Crippen molar-refractivity contribution in [2.45, 2.75) is 38.2 Å². The second kappa shape index (κ2) is 10.9. The standard InChI is InChI=1S/C29H33N5O3/c35-28(9-3-4-12-33-13-5-6-14-33)32-25-17-23-24(18-27(25)37-22-11-16-36-19-22)30-20-31-29(23)34-15-10-21-7-1-2-8-26(21)34/h1-4,7-8,17-18,20,22H,5-6,9-16,19H2,(H,32,35). The van der Waals surface area contributed by atoms with E-state index in [4.69, 9.17) is 9.47 Å². The molecule has 6 rings (SSSR count). The Bertz CT molecular complexity index is 1300. The van der Waals surface area contributed by atoms with Crippen LogP contribution in [0, 0.1) is 0 Å². The molecule has 1 amide bonds. The van der Waals surface area contributed by atoms with Crippen LogP contribution in [-0.2, 0) is 16.0 Å². The van der Waals surface area contributed by atoms with E-state index in [9.17, 15) is 4.79 Å². The van der Waals surface area contributed by atoms with E-state index in [1.807, 2.05) is 18.2 Å². The number of hydrogen-bond donors (Lipinski definition) is 1. The molecule has 192 valence electrons. The molecule has 0 aliphatic carbocycles. The Morgan fingerprint density at radius 2 is 2.03 bits per heavy atom. The van der Waals surface area contributed by atoms with Crippen LogP contribution in [0.2, 0.25) is 0 Å². The number of anilines is 3. The summed E-state index contributed by atoms with van der Waals surface area (Å²) in [6.07, 6.45) is 10.2. The van der Waals surface area contributed by atoms with Crippen molar-refractivity contribution < 1.29 is 14.3 Å². The zero-order valence-corrected chi connectivity index (χ0v) is 21.1. The number of benzene rings is 2. The first kappa shape index (κ1) is 23.9. The van der Waals surface area contributed by atoms with Crippen LogP contribution in [0.15, 0.2) is 54.9 Å². The zero-order valence-electron chi connectivity index (χ0n) is 21.1.